The van der Waals surface area contributed by atoms with Gasteiger partial charge in [0.2, 0.25) is 0 Å². The van der Waals surface area contributed by atoms with Crippen LogP contribution in [0.5, 0.6) is 11.5 Å². The minimum Gasteiger partial charge on any atom is -0.493 e. The highest BCUT2D eigenvalue weighted by molar-refractivity contribution is 5.99. The molecule has 0 unspecified atom stereocenters. The fourth-order valence-electron chi connectivity index (χ4n) is 4.24. The van der Waals surface area contributed by atoms with Gasteiger partial charge in [-0.05, 0) is 48.4 Å². The van der Waals surface area contributed by atoms with Crippen molar-refractivity contribution in [1.29, 1.82) is 0 Å². The summed E-state index contributed by atoms with van der Waals surface area (Å²) in [5.74, 6) is -1.26. The van der Waals surface area contributed by atoms with Crippen molar-refractivity contribution in [2.24, 2.45) is 0 Å². The minimum absolute atomic E-state index is 0.260. The van der Waals surface area contributed by atoms with E-state index in [1.165, 1.54) is 17.0 Å². The molecule has 1 N–H and O–H groups in total. The highest BCUT2D eigenvalue weighted by Gasteiger charge is 2.27. The summed E-state index contributed by atoms with van der Waals surface area (Å²) < 4.78 is 38.2. The van der Waals surface area contributed by atoms with Crippen LogP contribution in [0.25, 0.3) is 0 Å². The largest absolute Gasteiger partial charge is 0.493 e. The number of nitrogens with one attached hydrogen (secondary N) is 1. The van der Waals surface area contributed by atoms with Crippen molar-refractivity contribution < 1.29 is 27.8 Å². The number of piperazine rings is 1. The first kappa shape index (κ1) is 25.9. The zero-order valence-corrected chi connectivity index (χ0v) is 20.7. The lowest BCUT2D eigenvalue weighted by atomic mass is 10.1. The Morgan fingerprint density at radius 2 is 1.68 bits per heavy atom. The Hall–Kier alpha value is -4.21. The SMILES string of the molecule is COc1ccc(CCNC(=O)c2cccnc2N2CCN(C(=O)c3cccc(F)c3F)CC2)cc1OC. The molecule has 0 aliphatic carbocycles. The highest BCUT2D eigenvalue weighted by Crippen LogP contribution is 2.27. The van der Waals surface area contributed by atoms with Gasteiger partial charge < -0.3 is 24.6 Å². The van der Waals surface area contributed by atoms with Crippen molar-refractivity contribution >= 4 is 17.6 Å². The van der Waals surface area contributed by atoms with Crippen LogP contribution in [0, 0.1) is 11.6 Å². The quantitative estimate of drug-likeness (QED) is 0.501. The molecule has 2 amide bonds. The Labute approximate surface area is 213 Å². The maximum Gasteiger partial charge on any atom is 0.257 e. The van der Waals surface area contributed by atoms with Gasteiger partial charge in [-0.15, -0.1) is 0 Å². The number of carbonyl (C=O) groups is 2. The second-order valence-corrected chi connectivity index (χ2v) is 8.45. The zero-order valence-electron chi connectivity index (χ0n) is 20.7. The number of aromatic nitrogens is 1. The third kappa shape index (κ3) is 5.79. The molecule has 1 fully saturated rings. The van der Waals surface area contributed by atoms with Gasteiger partial charge in [0.1, 0.15) is 5.82 Å². The number of halogens is 2. The van der Waals surface area contributed by atoms with Gasteiger partial charge in [0.05, 0.1) is 25.3 Å². The van der Waals surface area contributed by atoms with Gasteiger partial charge >= 0.3 is 0 Å². The van der Waals surface area contributed by atoms with Crippen LogP contribution in [0.3, 0.4) is 0 Å². The van der Waals surface area contributed by atoms with Crippen molar-refractivity contribution in [3.05, 3.63) is 83.1 Å². The fourth-order valence-corrected chi connectivity index (χ4v) is 4.24. The van der Waals surface area contributed by atoms with Gasteiger partial charge in [-0.25, -0.2) is 13.8 Å². The van der Waals surface area contributed by atoms with Crippen LogP contribution < -0.4 is 19.7 Å². The Bertz CT molecular complexity index is 1280. The van der Waals surface area contributed by atoms with Crippen LogP contribution in [0.4, 0.5) is 14.6 Å². The molecule has 1 aliphatic rings. The number of anilines is 1. The molecule has 0 spiro atoms. The monoisotopic (exact) mass is 510 g/mol. The highest BCUT2D eigenvalue weighted by atomic mass is 19.2. The smallest absolute Gasteiger partial charge is 0.257 e. The summed E-state index contributed by atoms with van der Waals surface area (Å²) in [5, 5.41) is 2.93. The third-order valence-corrected chi connectivity index (χ3v) is 6.23. The molecule has 37 heavy (non-hydrogen) atoms. The Morgan fingerprint density at radius 1 is 0.946 bits per heavy atom. The summed E-state index contributed by atoms with van der Waals surface area (Å²) in [6.45, 7) is 1.76. The number of amides is 2. The topological polar surface area (TPSA) is 84.0 Å². The number of nitrogens with zero attached hydrogens (tertiary/aromatic N) is 3. The van der Waals surface area contributed by atoms with E-state index in [2.05, 4.69) is 10.3 Å². The molecule has 1 aliphatic heterocycles. The molecule has 0 saturated carbocycles. The molecule has 2 heterocycles. The van der Waals surface area contributed by atoms with Gasteiger partial charge in [0.15, 0.2) is 23.1 Å². The number of methoxy groups -OCH3 is 2. The summed E-state index contributed by atoms with van der Waals surface area (Å²) in [6.07, 6.45) is 2.20. The van der Waals surface area contributed by atoms with E-state index in [1.807, 2.05) is 23.1 Å². The van der Waals surface area contributed by atoms with E-state index in [9.17, 15) is 18.4 Å². The van der Waals surface area contributed by atoms with Gasteiger partial charge in [-0.1, -0.05) is 12.1 Å². The number of hydrogen-bond acceptors (Lipinski definition) is 6. The van der Waals surface area contributed by atoms with E-state index < -0.39 is 17.5 Å². The van der Waals surface area contributed by atoms with Crippen LogP contribution in [0.2, 0.25) is 0 Å². The lowest BCUT2D eigenvalue weighted by molar-refractivity contribution is 0.0739. The number of pyridine rings is 1. The first-order chi connectivity index (χ1) is 17.9. The maximum absolute atomic E-state index is 14.1. The van der Waals surface area contributed by atoms with Crippen LogP contribution in [0.1, 0.15) is 26.3 Å². The molecular formula is C27H28F2N4O4. The Morgan fingerprint density at radius 3 is 2.41 bits per heavy atom. The molecule has 0 atom stereocenters. The second-order valence-electron chi connectivity index (χ2n) is 8.45. The van der Waals surface area contributed by atoms with E-state index in [1.54, 1.807) is 32.5 Å². The van der Waals surface area contributed by atoms with Gasteiger partial charge in [0.25, 0.3) is 11.8 Å². The molecular weight excluding hydrogens is 482 g/mol. The van der Waals surface area contributed by atoms with E-state index in [0.29, 0.717) is 48.9 Å². The number of benzene rings is 2. The van der Waals surface area contributed by atoms with Crippen LogP contribution >= 0.6 is 0 Å². The fraction of sp³-hybridized carbons (Fsp3) is 0.296. The average molecular weight is 511 g/mol. The zero-order chi connectivity index (χ0) is 26.4. The average Bonchev–Trinajstić information content (AvgIpc) is 2.94. The van der Waals surface area contributed by atoms with E-state index in [-0.39, 0.29) is 24.6 Å². The molecule has 2 aromatic carbocycles. The van der Waals surface area contributed by atoms with Crippen molar-refractivity contribution in [3.63, 3.8) is 0 Å². The molecule has 0 radical (unpaired) electrons. The molecule has 8 nitrogen and oxygen atoms in total. The Balaban J connectivity index is 1.36. The molecule has 1 aromatic heterocycles. The first-order valence-electron chi connectivity index (χ1n) is 11.8. The lowest BCUT2D eigenvalue weighted by Gasteiger charge is -2.36. The van der Waals surface area contributed by atoms with Crippen LogP contribution in [-0.4, -0.2) is 68.6 Å². The van der Waals surface area contributed by atoms with Crippen LogP contribution in [-0.2, 0) is 6.42 Å². The van der Waals surface area contributed by atoms with Crippen molar-refractivity contribution in [1.82, 2.24) is 15.2 Å². The molecule has 4 rings (SSSR count). The summed E-state index contributed by atoms with van der Waals surface area (Å²) >= 11 is 0. The Kier molecular flexibility index (Phi) is 8.17. The molecule has 194 valence electrons. The first-order valence-corrected chi connectivity index (χ1v) is 11.8. The molecule has 0 bridgehead atoms. The number of hydrogen-bond donors (Lipinski definition) is 1. The van der Waals surface area contributed by atoms with Gasteiger partial charge in [-0.3, -0.25) is 9.59 Å². The lowest BCUT2D eigenvalue weighted by Crippen LogP contribution is -2.49. The summed E-state index contributed by atoms with van der Waals surface area (Å²) in [5.41, 5.74) is 1.12. The summed E-state index contributed by atoms with van der Waals surface area (Å²) in [7, 11) is 3.15. The molecule has 10 heteroatoms. The van der Waals surface area contributed by atoms with Crippen molar-refractivity contribution in [2.75, 3.05) is 51.8 Å². The number of carbonyl (C=O) groups excluding carboxylic acids is 2. The number of rotatable bonds is 8. The third-order valence-electron chi connectivity index (χ3n) is 6.23. The van der Waals surface area contributed by atoms with E-state index in [4.69, 9.17) is 9.47 Å². The molecule has 1 saturated heterocycles. The summed E-state index contributed by atoms with van der Waals surface area (Å²) in [4.78, 5) is 33.5. The minimum atomic E-state index is -1.15. The van der Waals surface area contributed by atoms with Crippen molar-refractivity contribution in [3.8, 4) is 11.5 Å². The van der Waals surface area contributed by atoms with Gasteiger partial charge in [-0.2, -0.15) is 0 Å². The predicted octanol–water partition coefficient (Wildman–Crippen LogP) is 3.31. The normalized spacial score (nSPS) is 13.3. The van der Waals surface area contributed by atoms with Gasteiger partial charge in [0, 0.05) is 38.9 Å². The van der Waals surface area contributed by atoms with Crippen LogP contribution in [0.15, 0.2) is 54.7 Å². The molecule has 3 aromatic rings. The van der Waals surface area contributed by atoms with E-state index in [0.717, 1.165) is 11.6 Å². The standard InChI is InChI=1S/C27H28F2N4O4/c1-36-22-9-8-18(17-23(22)37-2)10-12-31-26(34)20-6-4-11-30-25(20)32-13-15-33(16-14-32)27(35)19-5-3-7-21(28)24(19)29/h3-9,11,17H,10,12-16H2,1-2H3,(H,31,34). The second kappa shape index (κ2) is 11.7. The van der Waals surface area contributed by atoms with E-state index >= 15 is 0 Å². The predicted molar refractivity (Wildman–Crippen MR) is 134 cm³/mol. The van der Waals surface area contributed by atoms with Crippen molar-refractivity contribution in [2.45, 2.75) is 6.42 Å². The summed E-state index contributed by atoms with van der Waals surface area (Å²) in [6, 6.07) is 12.6. The maximum atomic E-state index is 14.1. The number of ether oxygens (including phenoxy) is 2.